The van der Waals surface area contributed by atoms with Crippen LogP contribution in [0.5, 0.6) is 0 Å². The van der Waals surface area contributed by atoms with E-state index in [1.807, 2.05) is 24.0 Å². The van der Waals surface area contributed by atoms with Gasteiger partial charge in [-0.3, -0.25) is 9.69 Å². The number of fused-ring (bicyclic) bond motifs is 1. The normalized spacial score (nSPS) is 12.8. The average molecular weight is 345 g/mol. The number of carbonyl (C=O) groups is 1. The molecule has 1 aliphatic rings. The third-order valence-corrected chi connectivity index (χ3v) is 4.37. The predicted octanol–water partition coefficient (Wildman–Crippen LogP) is 3.39. The Bertz CT molecular complexity index is 759. The van der Waals surface area contributed by atoms with Gasteiger partial charge in [0.2, 0.25) is 5.91 Å². The van der Waals surface area contributed by atoms with Crippen molar-refractivity contribution < 1.29 is 13.6 Å². The Balaban J connectivity index is 1.66. The maximum Gasteiger partial charge on any atom is 0.238 e. The van der Waals surface area contributed by atoms with Gasteiger partial charge in [0.25, 0.3) is 0 Å². The molecule has 2 N–H and O–H groups in total. The lowest BCUT2D eigenvalue weighted by atomic mass is 10.1. The van der Waals surface area contributed by atoms with Crippen LogP contribution in [0.25, 0.3) is 0 Å². The second-order valence-electron chi connectivity index (χ2n) is 6.08. The number of hydrogen-bond acceptors (Lipinski definition) is 3. The number of likely N-dealkylation sites (N-methyl/N-ethyl adjacent to an activating group) is 1. The van der Waals surface area contributed by atoms with E-state index in [0.717, 1.165) is 36.3 Å². The van der Waals surface area contributed by atoms with Crippen molar-refractivity contribution in [2.75, 3.05) is 30.3 Å². The molecular weight excluding hydrogens is 324 g/mol. The standard InChI is InChI=1S/C19H21F2N3O/c1-2-24(11-14-6-3-5-13-9-10-22-18(13)14)12-17(25)23-19-15(20)7-4-8-16(19)21/h3-8,22H,2,9-12H2,1H3,(H,23,25). The summed E-state index contributed by atoms with van der Waals surface area (Å²) in [5, 5.41) is 5.72. The zero-order valence-corrected chi connectivity index (χ0v) is 14.1. The van der Waals surface area contributed by atoms with E-state index in [1.165, 1.54) is 11.6 Å². The number of rotatable bonds is 6. The van der Waals surface area contributed by atoms with Crippen molar-refractivity contribution in [3.63, 3.8) is 0 Å². The molecule has 0 bridgehead atoms. The second kappa shape index (κ2) is 7.61. The zero-order valence-electron chi connectivity index (χ0n) is 14.1. The Morgan fingerprint density at radius 2 is 1.92 bits per heavy atom. The fraction of sp³-hybridized carbons (Fsp3) is 0.316. The van der Waals surface area contributed by atoms with Crippen molar-refractivity contribution in [1.29, 1.82) is 0 Å². The average Bonchev–Trinajstić information content (AvgIpc) is 3.07. The van der Waals surface area contributed by atoms with Crippen molar-refractivity contribution >= 4 is 17.3 Å². The third kappa shape index (κ3) is 3.96. The van der Waals surface area contributed by atoms with E-state index >= 15 is 0 Å². The monoisotopic (exact) mass is 345 g/mol. The van der Waals surface area contributed by atoms with Crippen molar-refractivity contribution in [2.24, 2.45) is 0 Å². The molecule has 4 nitrogen and oxygen atoms in total. The van der Waals surface area contributed by atoms with Crippen LogP contribution >= 0.6 is 0 Å². The molecule has 0 radical (unpaired) electrons. The molecule has 3 rings (SSSR count). The Morgan fingerprint density at radius 3 is 2.64 bits per heavy atom. The molecule has 0 unspecified atom stereocenters. The van der Waals surface area contributed by atoms with E-state index in [1.54, 1.807) is 0 Å². The van der Waals surface area contributed by atoms with E-state index in [2.05, 4.69) is 16.7 Å². The van der Waals surface area contributed by atoms with Crippen LogP contribution in [0.2, 0.25) is 0 Å². The van der Waals surface area contributed by atoms with Gasteiger partial charge < -0.3 is 10.6 Å². The van der Waals surface area contributed by atoms with Crippen molar-refractivity contribution in [3.05, 3.63) is 59.2 Å². The van der Waals surface area contributed by atoms with Gasteiger partial charge in [0.15, 0.2) is 0 Å². The molecule has 0 fully saturated rings. The molecule has 1 amide bonds. The Kier molecular flexibility index (Phi) is 5.28. The minimum atomic E-state index is -0.776. The van der Waals surface area contributed by atoms with Crippen molar-refractivity contribution in [1.82, 2.24) is 4.90 Å². The van der Waals surface area contributed by atoms with Gasteiger partial charge in [-0.25, -0.2) is 8.78 Å². The number of anilines is 2. The molecule has 0 aromatic heterocycles. The molecule has 0 saturated heterocycles. The molecule has 0 saturated carbocycles. The molecule has 25 heavy (non-hydrogen) atoms. The first-order chi connectivity index (χ1) is 12.1. The molecule has 0 atom stereocenters. The first-order valence-electron chi connectivity index (χ1n) is 8.39. The van der Waals surface area contributed by atoms with Crippen molar-refractivity contribution in [3.8, 4) is 0 Å². The summed E-state index contributed by atoms with van der Waals surface area (Å²) in [6, 6.07) is 9.66. The predicted molar refractivity (Wildman–Crippen MR) is 94.6 cm³/mol. The molecular formula is C19H21F2N3O. The highest BCUT2D eigenvalue weighted by molar-refractivity contribution is 5.92. The highest BCUT2D eigenvalue weighted by Crippen LogP contribution is 2.27. The number of amides is 1. The number of carbonyl (C=O) groups excluding carboxylic acids is 1. The maximum absolute atomic E-state index is 13.7. The van der Waals surface area contributed by atoms with Crippen LogP contribution in [0, 0.1) is 11.6 Å². The summed E-state index contributed by atoms with van der Waals surface area (Å²) < 4.78 is 27.3. The quantitative estimate of drug-likeness (QED) is 0.843. The van der Waals surface area contributed by atoms with Gasteiger partial charge in [-0.05, 0) is 36.2 Å². The van der Waals surface area contributed by atoms with Crippen LogP contribution in [-0.4, -0.2) is 30.4 Å². The molecule has 6 heteroatoms. The number of hydrogen-bond donors (Lipinski definition) is 2. The van der Waals surface area contributed by atoms with Crippen LogP contribution in [0.1, 0.15) is 18.1 Å². The van der Waals surface area contributed by atoms with Crippen LogP contribution in [0.15, 0.2) is 36.4 Å². The molecule has 1 heterocycles. The zero-order chi connectivity index (χ0) is 17.8. The smallest absolute Gasteiger partial charge is 0.238 e. The molecule has 0 spiro atoms. The van der Waals surface area contributed by atoms with Gasteiger partial charge in [-0.1, -0.05) is 31.2 Å². The van der Waals surface area contributed by atoms with Gasteiger partial charge in [0.05, 0.1) is 6.54 Å². The van der Waals surface area contributed by atoms with Gasteiger partial charge >= 0.3 is 0 Å². The molecule has 1 aliphatic heterocycles. The lowest BCUT2D eigenvalue weighted by Crippen LogP contribution is -2.33. The van der Waals surface area contributed by atoms with Crippen LogP contribution in [0.3, 0.4) is 0 Å². The number of nitrogens with zero attached hydrogens (tertiary/aromatic N) is 1. The first kappa shape index (κ1) is 17.4. The molecule has 2 aromatic rings. The van der Waals surface area contributed by atoms with Crippen LogP contribution in [-0.2, 0) is 17.8 Å². The highest BCUT2D eigenvalue weighted by Gasteiger charge is 2.18. The fourth-order valence-electron chi connectivity index (χ4n) is 3.06. The van der Waals surface area contributed by atoms with Gasteiger partial charge in [0.1, 0.15) is 17.3 Å². The lowest BCUT2D eigenvalue weighted by molar-refractivity contribution is -0.117. The summed E-state index contributed by atoms with van der Waals surface area (Å²) in [5.41, 5.74) is 3.15. The Morgan fingerprint density at radius 1 is 1.20 bits per heavy atom. The summed E-state index contributed by atoms with van der Waals surface area (Å²) in [6.07, 6.45) is 1.00. The largest absolute Gasteiger partial charge is 0.384 e. The van der Waals surface area contributed by atoms with Gasteiger partial charge in [0, 0.05) is 18.8 Å². The summed E-state index contributed by atoms with van der Waals surface area (Å²) >= 11 is 0. The minimum Gasteiger partial charge on any atom is -0.384 e. The number of halogens is 2. The summed E-state index contributed by atoms with van der Waals surface area (Å²) in [6.45, 7) is 4.18. The van der Waals surface area contributed by atoms with Gasteiger partial charge in [-0.2, -0.15) is 0 Å². The van der Waals surface area contributed by atoms with E-state index in [4.69, 9.17) is 0 Å². The summed E-state index contributed by atoms with van der Waals surface area (Å²) in [5.74, 6) is -1.99. The Labute approximate surface area is 145 Å². The fourth-order valence-corrected chi connectivity index (χ4v) is 3.06. The topological polar surface area (TPSA) is 44.4 Å². The SMILES string of the molecule is CCN(CC(=O)Nc1c(F)cccc1F)Cc1cccc2c1NCC2. The molecule has 0 aliphatic carbocycles. The lowest BCUT2D eigenvalue weighted by Gasteiger charge is -2.21. The van der Waals surface area contributed by atoms with Gasteiger partial charge in [-0.15, -0.1) is 0 Å². The van der Waals surface area contributed by atoms with E-state index < -0.39 is 23.2 Å². The Hall–Kier alpha value is -2.47. The maximum atomic E-state index is 13.7. The molecule has 2 aromatic carbocycles. The molecule has 132 valence electrons. The second-order valence-corrected chi connectivity index (χ2v) is 6.08. The van der Waals surface area contributed by atoms with Crippen molar-refractivity contribution in [2.45, 2.75) is 19.9 Å². The number of nitrogens with one attached hydrogen (secondary N) is 2. The number of para-hydroxylation sites is 2. The highest BCUT2D eigenvalue weighted by atomic mass is 19.1. The number of benzene rings is 2. The first-order valence-corrected chi connectivity index (χ1v) is 8.39. The summed E-state index contributed by atoms with van der Waals surface area (Å²) in [4.78, 5) is 14.1. The van der Waals surface area contributed by atoms with Crippen LogP contribution < -0.4 is 10.6 Å². The summed E-state index contributed by atoms with van der Waals surface area (Å²) in [7, 11) is 0. The van der Waals surface area contributed by atoms with E-state index in [9.17, 15) is 13.6 Å². The minimum absolute atomic E-state index is 0.0634. The van der Waals surface area contributed by atoms with Crippen LogP contribution in [0.4, 0.5) is 20.2 Å². The third-order valence-electron chi connectivity index (χ3n) is 4.37. The van der Waals surface area contributed by atoms with E-state index in [0.29, 0.717) is 13.1 Å². The van der Waals surface area contributed by atoms with E-state index in [-0.39, 0.29) is 6.54 Å².